The molecule has 0 radical (unpaired) electrons. The standard InChI is InChI=1S/C45H51N5O12S3.2Na/c1-44(2)35-11-6-23-48(24-7-27-63(54,55)56)43(35)47-38(44)17-13-32(33-10-5-9-31(29-33)12-19-40(51)46-22-26-50-41(52)20-21-42(50)53)14-18-39-45(3,4)36-30-34(65(60,61)62)15-16-37(36)49(39)25-8-28-64(57,58)59;;/h5-6,9-11,13-18,20-21,23,29-30H,7-8,12,19,22,24-28H2,1-4H3,(H3-,46,51,54,55,56,57,58,59,60,61,62);;/q;2*+1/p-2. The van der Waals surface area contributed by atoms with Crippen LogP contribution in [0.5, 0.6) is 0 Å². The van der Waals surface area contributed by atoms with Crippen molar-refractivity contribution in [1.29, 1.82) is 0 Å². The van der Waals surface area contributed by atoms with Gasteiger partial charge in [0.2, 0.25) is 5.91 Å². The number of aromatic nitrogens is 1. The molecule has 3 amide bonds. The first kappa shape index (κ1) is 56.0. The van der Waals surface area contributed by atoms with Gasteiger partial charge in [-0.15, -0.1) is 0 Å². The van der Waals surface area contributed by atoms with Crippen LogP contribution in [-0.4, -0.2) is 98.4 Å². The number of allylic oxidation sites excluding steroid dienone is 6. The van der Waals surface area contributed by atoms with Gasteiger partial charge in [0.15, 0.2) is 5.71 Å². The zero-order valence-electron chi connectivity index (χ0n) is 38.2. The van der Waals surface area contributed by atoms with E-state index in [2.05, 4.69) is 5.32 Å². The van der Waals surface area contributed by atoms with Gasteiger partial charge in [-0.3, -0.25) is 19.3 Å². The van der Waals surface area contributed by atoms with Gasteiger partial charge < -0.3 is 23.9 Å². The Morgan fingerprint density at radius 2 is 1.48 bits per heavy atom. The molecule has 3 aromatic rings. The number of benzene rings is 2. The molecule has 1 N–H and O–H groups in total. The second-order valence-corrected chi connectivity index (χ2v) is 21.3. The maximum atomic E-state index is 12.8. The van der Waals surface area contributed by atoms with Crippen molar-refractivity contribution >= 4 is 70.9 Å². The van der Waals surface area contributed by atoms with Crippen LogP contribution >= 0.6 is 0 Å². The molecule has 346 valence electrons. The number of nitrogens with one attached hydrogen (secondary N) is 1. The van der Waals surface area contributed by atoms with E-state index in [1.807, 2.05) is 93.0 Å². The van der Waals surface area contributed by atoms with E-state index >= 15 is 0 Å². The topological polar surface area (TPSA) is 258 Å². The van der Waals surface area contributed by atoms with E-state index in [1.165, 1.54) is 30.4 Å². The average molecular weight is 994 g/mol. The van der Waals surface area contributed by atoms with Crippen molar-refractivity contribution < 1.29 is 117 Å². The number of amides is 3. The fourth-order valence-electron chi connectivity index (χ4n) is 8.13. The van der Waals surface area contributed by atoms with Crippen molar-refractivity contribution in [3.05, 3.63) is 125 Å². The molecule has 3 aliphatic heterocycles. The zero-order valence-corrected chi connectivity index (χ0v) is 44.7. The van der Waals surface area contributed by atoms with Gasteiger partial charge in [-0.05, 0) is 103 Å². The quantitative estimate of drug-likeness (QED) is 0.0426. The number of fused-ring (bicyclic) bond motifs is 2. The van der Waals surface area contributed by atoms with E-state index in [4.69, 9.17) is 4.99 Å². The summed E-state index contributed by atoms with van der Waals surface area (Å²) in [6.07, 6.45) is 12.0. The van der Waals surface area contributed by atoms with Crippen LogP contribution in [0.2, 0.25) is 0 Å². The molecule has 6 rings (SSSR count). The minimum absolute atomic E-state index is 0. The Morgan fingerprint density at radius 3 is 2.13 bits per heavy atom. The van der Waals surface area contributed by atoms with Crippen LogP contribution in [0.4, 0.5) is 11.5 Å². The average Bonchev–Trinajstić information content (AvgIpc) is 3.76. The first-order chi connectivity index (χ1) is 30.3. The maximum Gasteiger partial charge on any atom is 1.00 e. The number of carbonyl (C=O) groups excluding carboxylic acids is 3. The SMILES string of the molecule is CC1(C)C(/C=C/C(=C/C=C2/N(CCCS(=O)(=O)[O-])c3ccc(S(=O)(=O)[O-])cc3C2(C)C)c2cccc(CCC(=O)NCCN3C(=O)C=CC3=O)c2)=Nc2c1ccc[n+]2CCCS(=O)(=O)[O-].[Na+].[Na+]. The van der Waals surface area contributed by atoms with E-state index in [9.17, 15) is 53.3 Å². The van der Waals surface area contributed by atoms with Crippen molar-refractivity contribution in [2.45, 2.75) is 75.6 Å². The van der Waals surface area contributed by atoms with Gasteiger partial charge in [0.25, 0.3) is 11.8 Å². The Bertz CT molecular complexity index is 2910. The summed E-state index contributed by atoms with van der Waals surface area (Å²) in [5.41, 5.74) is 3.89. The van der Waals surface area contributed by atoms with Gasteiger partial charge in [-0.2, -0.15) is 0 Å². The number of nitrogens with zero attached hydrogens (tertiary/aromatic N) is 4. The van der Waals surface area contributed by atoms with Crippen molar-refractivity contribution in [3.8, 4) is 0 Å². The van der Waals surface area contributed by atoms with Crippen LogP contribution < -0.4 is 73.9 Å². The second-order valence-electron chi connectivity index (χ2n) is 16.9. The van der Waals surface area contributed by atoms with E-state index in [0.717, 1.165) is 21.6 Å². The Morgan fingerprint density at radius 1 is 0.806 bits per heavy atom. The van der Waals surface area contributed by atoms with Crippen molar-refractivity contribution in [3.63, 3.8) is 0 Å². The number of hydrogen-bond donors (Lipinski definition) is 1. The number of carbonyl (C=O) groups is 3. The van der Waals surface area contributed by atoms with Crippen LogP contribution in [0.1, 0.15) is 69.2 Å². The van der Waals surface area contributed by atoms with Crippen molar-refractivity contribution in [1.82, 2.24) is 10.2 Å². The summed E-state index contributed by atoms with van der Waals surface area (Å²) in [5, 5.41) is 2.75. The number of imide groups is 1. The molecule has 67 heavy (non-hydrogen) atoms. The van der Waals surface area contributed by atoms with Gasteiger partial charge in [-0.1, -0.05) is 50.3 Å². The third-order valence-electron chi connectivity index (χ3n) is 11.6. The molecule has 0 spiro atoms. The Labute approximate surface area is 436 Å². The third kappa shape index (κ3) is 14.0. The first-order valence-corrected chi connectivity index (χ1v) is 25.3. The smallest absolute Gasteiger partial charge is 0.748 e. The number of aliphatic imine (C=N–C) groups is 1. The van der Waals surface area contributed by atoms with Gasteiger partial charge in [0, 0.05) is 66.5 Å². The van der Waals surface area contributed by atoms with E-state index < -0.39 is 69.4 Å². The summed E-state index contributed by atoms with van der Waals surface area (Å²) in [4.78, 5) is 44.0. The number of rotatable bonds is 19. The maximum absolute atomic E-state index is 12.8. The van der Waals surface area contributed by atoms with Crippen LogP contribution in [0, 0.1) is 0 Å². The normalized spacial score (nSPS) is 17.1. The van der Waals surface area contributed by atoms with Gasteiger partial charge in [0.1, 0.15) is 10.1 Å². The summed E-state index contributed by atoms with van der Waals surface area (Å²) in [7, 11) is -13.8. The molecule has 0 saturated carbocycles. The predicted molar refractivity (Wildman–Crippen MR) is 239 cm³/mol. The number of hydrogen-bond acceptors (Lipinski definition) is 14. The fourth-order valence-corrected chi connectivity index (χ4v) is 9.59. The molecule has 0 aliphatic carbocycles. The number of anilines is 1. The number of pyridine rings is 1. The third-order valence-corrected chi connectivity index (χ3v) is 14.0. The van der Waals surface area contributed by atoms with Crippen LogP contribution in [0.3, 0.4) is 0 Å². The molecule has 0 bridgehead atoms. The van der Waals surface area contributed by atoms with Crippen LogP contribution in [0.15, 0.2) is 113 Å². The molecule has 3 aliphatic rings. The minimum atomic E-state index is -4.83. The van der Waals surface area contributed by atoms with Gasteiger partial charge >= 0.3 is 64.9 Å². The Hall–Kier alpha value is -3.64. The van der Waals surface area contributed by atoms with Crippen LogP contribution in [0.25, 0.3) is 5.57 Å². The minimum Gasteiger partial charge on any atom is -0.748 e. The number of aryl methyl sites for hydroxylation is 2. The van der Waals surface area contributed by atoms with E-state index in [1.54, 1.807) is 11.1 Å². The first-order valence-electron chi connectivity index (χ1n) is 20.7. The molecule has 0 saturated heterocycles. The summed E-state index contributed by atoms with van der Waals surface area (Å²) in [5.74, 6) is -1.70. The molecule has 0 atom stereocenters. The Kier molecular flexibility index (Phi) is 18.7. The van der Waals surface area contributed by atoms with Gasteiger partial charge in [-0.25, -0.2) is 29.8 Å². The monoisotopic (exact) mass is 993 g/mol. The molecule has 2 aromatic carbocycles. The molecule has 0 unspecified atom stereocenters. The second kappa shape index (κ2) is 22.4. The van der Waals surface area contributed by atoms with Gasteiger partial charge in [0.05, 0.1) is 48.9 Å². The fraction of sp³-hybridized carbons (Fsp3) is 0.356. The molecular formula is C45H49N5Na2O12S3. The molecular weight excluding hydrogens is 945 g/mol. The molecule has 22 heteroatoms. The van der Waals surface area contributed by atoms with E-state index in [0.29, 0.717) is 40.5 Å². The molecule has 17 nitrogen and oxygen atoms in total. The molecule has 0 fully saturated rings. The molecule has 1 aromatic heterocycles. The van der Waals surface area contributed by atoms with E-state index in [-0.39, 0.29) is 110 Å². The van der Waals surface area contributed by atoms with Crippen molar-refractivity contribution in [2.75, 3.05) is 36.0 Å². The molecule has 4 heterocycles. The summed E-state index contributed by atoms with van der Waals surface area (Å²) < 4.78 is 107. The van der Waals surface area contributed by atoms with Crippen molar-refractivity contribution in [2.24, 2.45) is 4.99 Å². The predicted octanol–water partition coefficient (Wildman–Crippen LogP) is -2.58. The summed E-state index contributed by atoms with van der Waals surface area (Å²) in [6.45, 7) is 8.13. The Balaban J connectivity index is 0.00000490. The zero-order chi connectivity index (χ0) is 47.5. The summed E-state index contributed by atoms with van der Waals surface area (Å²) in [6, 6.07) is 15.3. The largest absolute Gasteiger partial charge is 1.00 e. The summed E-state index contributed by atoms with van der Waals surface area (Å²) >= 11 is 0. The van der Waals surface area contributed by atoms with Crippen LogP contribution in [-0.2, 0) is 68.5 Å².